The van der Waals surface area contributed by atoms with Crippen LogP contribution < -0.4 is 11.1 Å². The number of hydrogen-bond donors (Lipinski definition) is 4. The Morgan fingerprint density at radius 1 is 1.80 bits per heavy atom. The molecule has 58 valence electrons. The summed E-state index contributed by atoms with van der Waals surface area (Å²) in [5.41, 5.74) is 3.89. The highest BCUT2D eigenvalue weighted by molar-refractivity contribution is 5.74. The van der Waals surface area contributed by atoms with Gasteiger partial charge in [-0.15, -0.1) is 0 Å². The minimum Gasteiger partial charge on any atom is -0.480 e. The third kappa shape index (κ3) is 1.44. The molecule has 1 aliphatic rings. The average molecular weight is 146 g/mol. The largest absolute Gasteiger partial charge is 0.480 e. The van der Waals surface area contributed by atoms with Crippen LogP contribution in [0.4, 0.5) is 0 Å². The summed E-state index contributed by atoms with van der Waals surface area (Å²) in [5, 5.41) is 20.1. The number of rotatable bonds is 1. The molecule has 0 saturated carbocycles. The number of aliphatic hydroxyl groups is 1. The van der Waals surface area contributed by atoms with Crippen LogP contribution >= 0.6 is 0 Å². The first-order chi connectivity index (χ1) is 4.51. The first kappa shape index (κ1) is 7.46. The van der Waals surface area contributed by atoms with Crippen LogP contribution in [0.25, 0.3) is 0 Å². The molecule has 0 aromatic carbocycles. The van der Waals surface area contributed by atoms with E-state index in [1.807, 2.05) is 0 Å². The number of aliphatic carboxylic acids is 1. The van der Waals surface area contributed by atoms with Crippen LogP contribution in [-0.2, 0) is 4.79 Å². The lowest BCUT2D eigenvalue weighted by atomic mass is 10.1. The zero-order valence-electron chi connectivity index (χ0n) is 5.37. The minimum atomic E-state index is -1.34. The molecular formula is C5H10N2O3. The van der Waals surface area contributed by atoms with Gasteiger partial charge in [-0.3, -0.25) is 4.79 Å². The van der Waals surface area contributed by atoms with Gasteiger partial charge in [0.25, 0.3) is 0 Å². The molecule has 2 atom stereocenters. The van der Waals surface area contributed by atoms with Gasteiger partial charge in [0.2, 0.25) is 0 Å². The van der Waals surface area contributed by atoms with E-state index in [0.29, 0.717) is 0 Å². The molecule has 5 N–H and O–H groups in total. The molecule has 5 heteroatoms. The summed E-state index contributed by atoms with van der Waals surface area (Å²) in [5.74, 6) is -0.971. The lowest BCUT2D eigenvalue weighted by Gasteiger charge is -2.12. The van der Waals surface area contributed by atoms with E-state index in [9.17, 15) is 4.79 Å². The fourth-order valence-corrected chi connectivity index (χ4v) is 0.972. The van der Waals surface area contributed by atoms with E-state index in [1.165, 1.54) is 0 Å². The summed E-state index contributed by atoms with van der Waals surface area (Å²) >= 11 is 0. The maximum atomic E-state index is 10.3. The first-order valence-electron chi connectivity index (χ1n) is 2.99. The third-order valence-corrected chi connectivity index (χ3v) is 1.51. The molecule has 0 aromatic rings. The lowest BCUT2D eigenvalue weighted by molar-refractivity contribution is -0.139. The summed E-state index contributed by atoms with van der Waals surface area (Å²) in [4.78, 5) is 10.3. The summed E-state index contributed by atoms with van der Waals surface area (Å²) in [6, 6.07) is -0.699. The van der Waals surface area contributed by atoms with Gasteiger partial charge in [-0.25, -0.2) is 0 Å². The van der Waals surface area contributed by atoms with Crippen LogP contribution in [0.3, 0.4) is 0 Å². The predicted octanol–water partition coefficient (Wildman–Crippen LogP) is -1.92. The Kier molecular flexibility index (Phi) is 1.63. The van der Waals surface area contributed by atoms with E-state index >= 15 is 0 Å². The zero-order chi connectivity index (χ0) is 7.78. The van der Waals surface area contributed by atoms with Crippen molar-refractivity contribution in [3.8, 4) is 0 Å². The van der Waals surface area contributed by atoms with Crippen LogP contribution in [-0.4, -0.2) is 34.5 Å². The summed E-state index contributed by atoms with van der Waals surface area (Å²) < 4.78 is 0. The first-order valence-corrected chi connectivity index (χ1v) is 2.99. The van der Waals surface area contributed by atoms with Gasteiger partial charge in [-0.1, -0.05) is 0 Å². The SMILES string of the molecule is N[C@@]1(O)CN[C@@H](C(=O)O)C1. The van der Waals surface area contributed by atoms with Crippen LogP contribution in [0, 0.1) is 0 Å². The second kappa shape index (κ2) is 2.19. The van der Waals surface area contributed by atoms with Crippen molar-refractivity contribution in [2.75, 3.05) is 6.54 Å². The van der Waals surface area contributed by atoms with Crippen molar-refractivity contribution in [3.05, 3.63) is 0 Å². The van der Waals surface area contributed by atoms with Crippen molar-refractivity contribution in [2.24, 2.45) is 5.73 Å². The second-order valence-corrected chi connectivity index (χ2v) is 2.58. The minimum absolute atomic E-state index is 0.0718. The van der Waals surface area contributed by atoms with Crippen LogP contribution in [0.1, 0.15) is 6.42 Å². The van der Waals surface area contributed by atoms with Crippen LogP contribution in [0.5, 0.6) is 0 Å². The smallest absolute Gasteiger partial charge is 0.320 e. The van der Waals surface area contributed by atoms with Crippen molar-refractivity contribution in [3.63, 3.8) is 0 Å². The lowest BCUT2D eigenvalue weighted by Crippen LogP contribution is -2.41. The molecule has 5 nitrogen and oxygen atoms in total. The van der Waals surface area contributed by atoms with Gasteiger partial charge in [-0.2, -0.15) is 0 Å². The molecule has 0 spiro atoms. The predicted molar refractivity (Wildman–Crippen MR) is 33.2 cm³/mol. The van der Waals surface area contributed by atoms with Gasteiger partial charge in [0.05, 0.1) is 0 Å². The van der Waals surface area contributed by atoms with Crippen LogP contribution in [0.2, 0.25) is 0 Å². The van der Waals surface area contributed by atoms with Crippen molar-refractivity contribution in [1.82, 2.24) is 5.32 Å². The molecular weight excluding hydrogens is 136 g/mol. The highest BCUT2D eigenvalue weighted by Crippen LogP contribution is 2.12. The fraction of sp³-hybridized carbons (Fsp3) is 0.800. The number of nitrogens with two attached hydrogens (primary N) is 1. The second-order valence-electron chi connectivity index (χ2n) is 2.58. The molecule has 1 rings (SSSR count). The van der Waals surface area contributed by atoms with Crippen molar-refractivity contribution in [2.45, 2.75) is 18.2 Å². The average Bonchev–Trinajstić information content (AvgIpc) is 2.10. The van der Waals surface area contributed by atoms with Gasteiger partial charge in [0.15, 0.2) is 0 Å². The number of carboxylic acid groups (broad SMARTS) is 1. The Bertz CT molecular complexity index is 157. The molecule has 1 heterocycles. The molecule has 1 aliphatic heterocycles. The number of hydrogen-bond acceptors (Lipinski definition) is 4. The van der Waals surface area contributed by atoms with E-state index < -0.39 is 17.7 Å². The van der Waals surface area contributed by atoms with Gasteiger partial charge < -0.3 is 21.3 Å². The van der Waals surface area contributed by atoms with E-state index in [0.717, 1.165) is 0 Å². The van der Waals surface area contributed by atoms with Crippen molar-refractivity contribution in [1.29, 1.82) is 0 Å². The Balaban J connectivity index is 2.51. The quantitative estimate of drug-likeness (QED) is 0.323. The maximum absolute atomic E-state index is 10.3. The fourth-order valence-electron chi connectivity index (χ4n) is 0.972. The zero-order valence-corrected chi connectivity index (χ0v) is 5.37. The molecule has 1 fully saturated rings. The topological polar surface area (TPSA) is 95.6 Å². The Morgan fingerprint density at radius 2 is 2.40 bits per heavy atom. The van der Waals surface area contributed by atoms with E-state index in [1.54, 1.807) is 0 Å². The number of nitrogens with one attached hydrogen (secondary N) is 1. The summed E-state index contributed by atoms with van der Waals surface area (Å²) in [6.07, 6.45) is 0.0718. The molecule has 1 saturated heterocycles. The monoisotopic (exact) mass is 146 g/mol. The third-order valence-electron chi connectivity index (χ3n) is 1.51. The van der Waals surface area contributed by atoms with Crippen molar-refractivity contribution >= 4 is 5.97 Å². The molecule has 0 aliphatic carbocycles. The van der Waals surface area contributed by atoms with E-state index in [4.69, 9.17) is 15.9 Å². The normalized spacial score (nSPS) is 40.0. The van der Waals surface area contributed by atoms with Crippen molar-refractivity contribution < 1.29 is 15.0 Å². The standard InChI is InChI=1S/C5H10N2O3/c6-5(10)1-3(4(8)9)7-2-5/h3,7,10H,1-2,6H2,(H,8,9)/t3-,5+/m1/s1. The number of carbonyl (C=O) groups is 1. The highest BCUT2D eigenvalue weighted by Gasteiger charge is 2.36. The molecule has 0 amide bonds. The van der Waals surface area contributed by atoms with E-state index in [-0.39, 0.29) is 13.0 Å². The van der Waals surface area contributed by atoms with Gasteiger partial charge in [-0.05, 0) is 0 Å². The van der Waals surface area contributed by atoms with Crippen LogP contribution in [0.15, 0.2) is 0 Å². The van der Waals surface area contributed by atoms with Gasteiger partial charge in [0.1, 0.15) is 11.8 Å². The summed E-state index contributed by atoms with van der Waals surface area (Å²) in [6.45, 7) is 0.143. The molecule has 0 radical (unpaired) electrons. The molecule has 0 bridgehead atoms. The number of carboxylic acids is 1. The molecule has 0 aromatic heterocycles. The maximum Gasteiger partial charge on any atom is 0.320 e. The molecule has 0 unspecified atom stereocenters. The van der Waals surface area contributed by atoms with E-state index in [2.05, 4.69) is 5.32 Å². The Hall–Kier alpha value is -0.650. The Labute approximate surface area is 57.8 Å². The Morgan fingerprint density at radius 3 is 2.60 bits per heavy atom. The number of β-amino-alcohol motifs (C(OH)–C–C–N with tert-alkyl or cyclic N) is 1. The highest BCUT2D eigenvalue weighted by atomic mass is 16.4. The van der Waals surface area contributed by atoms with Gasteiger partial charge in [0, 0.05) is 13.0 Å². The summed E-state index contributed by atoms with van der Waals surface area (Å²) in [7, 11) is 0. The molecule has 10 heavy (non-hydrogen) atoms. The van der Waals surface area contributed by atoms with Gasteiger partial charge >= 0.3 is 5.97 Å².